The Balaban J connectivity index is 1.41. The van der Waals surface area contributed by atoms with Gasteiger partial charge in [0.05, 0.1) is 25.5 Å². The number of nitrogens with one attached hydrogen (secondary N) is 2. The first-order valence-electron chi connectivity index (χ1n) is 10.5. The summed E-state index contributed by atoms with van der Waals surface area (Å²) in [6.45, 7) is 0.417. The first-order chi connectivity index (χ1) is 16.1. The average Bonchev–Trinajstić information content (AvgIpc) is 3.29. The molecule has 0 saturated carbocycles. The van der Waals surface area contributed by atoms with E-state index >= 15 is 0 Å². The minimum absolute atomic E-state index is 0.180. The molecule has 0 fully saturated rings. The lowest BCUT2D eigenvalue weighted by Gasteiger charge is -2.12. The fraction of sp³-hybridized carbons (Fsp3) is 0.154. The molecule has 7 nitrogen and oxygen atoms in total. The fourth-order valence-corrected chi connectivity index (χ4v) is 3.52. The highest BCUT2D eigenvalue weighted by molar-refractivity contribution is 6.09. The van der Waals surface area contributed by atoms with Crippen molar-refractivity contribution in [2.24, 2.45) is 0 Å². The van der Waals surface area contributed by atoms with Crippen molar-refractivity contribution in [1.82, 2.24) is 5.32 Å². The van der Waals surface area contributed by atoms with E-state index in [0.29, 0.717) is 41.3 Å². The fourth-order valence-electron chi connectivity index (χ4n) is 3.52. The van der Waals surface area contributed by atoms with E-state index < -0.39 is 5.91 Å². The van der Waals surface area contributed by atoms with Gasteiger partial charge in [0.25, 0.3) is 11.8 Å². The van der Waals surface area contributed by atoms with Gasteiger partial charge in [0.2, 0.25) is 0 Å². The molecule has 0 spiro atoms. The summed E-state index contributed by atoms with van der Waals surface area (Å²) in [7, 11) is 3.17. The van der Waals surface area contributed by atoms with Gasteiger partial charge in [-0.2, -0.15) is 0 Å². The minimum atomic E-state index is -0.420. The van der Waals surface area contributed by atoms with Gasteiger partial charge < -0.3 is 24.5 Å². The number of carbonyl (C=O) groups excluding carboxylic acids is 2. The smallest absolute Gasteiger partial charge is 0.291 e. The lowest BCUT2D eigenvalue weighted by Crippen LogP contribution is -2.27. The topological polar surface area (TPSA) is 89.8 Å². The van der Waals surface area contributed by atoms with Crippen LogP contribution in [-0.2, 0) is 6.42 Å². The van der Waals surface area contributed by atoms with Gasteiger partial charge in [0, 0.05) is 11.9 Å². The zero-order valence-electron chi connectivity index (χ0n) is 18.4. The second-order valence-electron chi connectivity index (χ2n) is 7.34. The maximum atomic E-state index is 12.8. The summed E-state index contributed by atoms with van der Waals surface area (Å²) in [5.74, 6) is 0.770. The Hall–Kier alpha value is -4.26. The molecule has 0 saturated heterocycles. The third-order valence-corrected chi connectivity index (χ3v) is 5.22. The van der Waals surface area contributed by atoms with Gasteiger partial charge >= 0.3 is 0 Å². The Bertz CT molecular complexity index is 1260. The van der Waals surface area contributed by atoms with E-state index in [0.717, 1.165) is 10.9 Å². The third-order valence-electron chi connectivity index (χ3n) is 5.22. The van der Waals surface area contributed by atoms with Gasteiger partial charge in [-0.15, -0.1) is 0 Å². The quantitative estimate of drug-likeness (QED) is 0.412. The Kier molecular flexibility index (Phi) is 6.59. The number of benzene rings is 3. The number of hydrogen-bond acceptors (Lipinski definition) is 5. The molecule has 0 unspecified atom stereocenters. The summed E-state index contributed by atoms with van der Waals surface area (Å²) in [5, 5.41) is 6.52. The number of carbonyl (C=O) groups is 2. The van der Waals surface area contributed by atoms with Crippen LogP contribution in [0.25, 0.3) is 11.0 Å². The Labute approximate surface area is 191 Å². The maximum Gasteiger partial charge on any atom is 0.291 e. The second kappa shape index (κ2) is 9.91. The molecule has 3 aromatic carbocycles. The van der Waals surface area contributed by atoms with Crippen LogP contribution in [-0.4, -0.2) is 32.6 Å². The zero-order chi connectivity index (χ0) is 23.2. The molecule has 1 aromatic heterocycles. The van der Waals surface area contributed by atoms with Gasteiger partial charge in [0.15, 0.2) is 17.3 Å². The highest BCUT2D eigenvalue weighted by Gasteiger charge is 2.17. The Morgan fingerprint density at radius 2 is 1.61 bits per heavy atom. The molecular formula is C26H24N2O5. The van der Waals surface area contributed by atoms with Crippen LogP contribution >= 0.6 is 0 Å². The summed E-state index contributed by atoms with van der Waals surface area (Å²) in [6.07, 6.45) is 0.611. The van der Waals surface area contributed by atoms with Gasteiger partial charge in [-0.05, 0) is 48.4 Å². The van der Waals surface area contributed by atoms with Crippen LogP contribution in [0.1, 0.15) is 26.5 Å². The summed E-state index contributed by atoms with van der Waals surface area (Å²) < 4.78 is 16.2. The lowest BCUT2D eigenvalue weighted by atomic mass is 10.1. The highest BCUT2D eigenvalue weighted by atomic mass is 16.5. The molecule has 7 heteroatoms. The average molecular weight is 444 g/mol. The van der Waals surface area contributed by atoms with Crippen LogP contribution in [0.5, 0.6) is 11.5 Å². The van der Waals surface area contributed by atoms with Gasteiger partial charge in [0.1, 0.15) is 5.58 Å². The number of ether oxygens (including phenoxy) is 2. The van der Waals surface area contributed by atoms with E-state index in [2.05, 4.69) is 10.6 Å². The molecule has 0 atom stereocenters. The molecule has 33 heavy (non-hydrogen) atoms. The molecule has 4 rings (SSSR count). The van der Waals surface area contributed by atoms with E-state index in [4.69, 9.17) is 13.9 Å². The maximum absolute atomic E-state index is 12.8. The van der Waals surface area contributed by atoms with Crippen molar-refractivity contribution in [3.63, 3.8) is 0 Å². The zero-order valence-corrected chi connectivity index (χ0v) is 18.4. The molecule has 0 radical (unpaired) electrons. The van der Waals surface area contributed by atoms with Gasteiger partial charge in [-0.1, -0.05) is 36.4 Å². The molecular weight excluding hydrogens is 420 g/mol. The van der Waals surface area contributed by atoms with Crippen molar-refractivity contribution in [3.8, 4) is 11.5 Å². The van der Waals surface area contributed by atoms with E-state index in [1.165, 1.54) is 0 Å². The van der Waals surface area contributed by atoms with E-state index in [1.807, 2.05) is 36.4 Å². The SMILES string of the molecule is COc1ccc(CCNC(=O)c2ccccc2NC(=O)c2cc3ccccc3o2)cc1OC. The van der Waals surface area contributed by atoms with Gasteiger partial charge in [-0.3, -0.25) is 9.59 Å². The number of hydrogen-bond donors (Lipinski definition) is 2. The number of rotatable bonds is 8. The molecule has 2 amide bonds. The Morgan fingerprint density at radius 3 is 2.39 bits per heavy atom. The van der Waals surface area contributed by atoms with Crippen molar-refractivity contribution in [2.45, 2.75) is 6.42 Å². The third kappa shape index (κ3) is 4.98. The van der Waals surface area contributed by atoms with Gasteiger partial charge in [-0.25, -0.2) is 0 Å². The number of amides is 2. The summed E-state index contributed by atoms with van der Waals surface area (Å²) >= 11 is 0. The van der Waals surface area contributed by atoms with Crippen LogP contribution in [0.4, 0.5) is 5.69 Å². The number of methoxy groups -OCH3 is 2. The van der Waals surface area contributed by atoms with E-state index in [1.54, 1.807) is 50.6 Å². The minimum Gasteiger partial charge on any atom is -0.493 e. The normalized spacial score (nSPS) is 10.6. The lowest BCUT2D eigenvalue weighted by molar-refractivity contribution is 0.0955. The van der Waals surface area contributed by atoms with Crippen molar-refractivity contribution in [1.29, 1.82) is 0 Å². The predicted octanol–water partition coefficient (Wildman–Crippen LogP) is 4.67. The van der Waals surface area contributed by atoms with E-state index in [9.17, 15) is 9.59 Å². The van der Waals surface area contributed by atoms with Crippen molar-refractivity contribution in [3.05, 3.63) is 89.7 Å². The number of furan rings is 1. The number of fused-ring (bicyclic) bond motifs is 1. The van der Waals surface area contributed by atoms with Crippen LogP contribution in [0.15, 0.2) is 77.2 Å². The highest BCUT2D eigenvalue weighted by Crippen LogP contribution is 2.27. The molecule has 0 aliphatic heterocycles. The van der Waals surface area contributed by atoms with E-state index in [-0.39, 0.29) is 11.7 Å². The summed E-state index contributed by atoms with van der Waals surface area (Å²) in [6, 6.07) is 21.6. The summed E-state index contributed by atoms with van der Waals surface area (Å²) in [5.41, 5.74) is 2.41. The molecule has 0 bridgehead atoms. The van der Waals surface area contributed by atoms with Crippen molar-refractivity contribution < 1.29 is 23.5 Å². The second-order valence-corrected chi connectivity index (χ2v) is 7.34. The largest absolute Gasteiger partial charge is 0.493 e. The molecule has 1 heterocycles. The first-order valence-corrected chi connectivity index (χ1v) is 10.5. The predicted molar refractivity (Wildman–Crippen MR) is 126 cm³/mol. The number of anilines is 1. The van der Waals surface area contributed by atoms with Crippen LogP contribution in [0.3, 0.4) is 0 Å². The molecule has 0 aliphatic rings. The van der Waals surface area contributed by atoms with Crippen molar-refractivity contribution >= 4 is 28.5 Å². The van der Waals surface area contributed by atoms with Crippen molar-refractivity contribution in [2.75, 3.05) is 26.1 Å². The molecule has 4 aromatic rings. The van der Waals surface area contributed by atoms with Crippen LogP contribution in [0, 0.1) is 0 Å². The summed E-state index contributed by atoms with van der Waals surface area (Å²) in [4.78, 5) is 25.5. The standard InChI is InChI=1S/C26H24N2O5/c1-31-22-12-11-17(15-23(22)32-2)13-14-27-25(29)19-8-4-5-9-20(19)28-26(30)24-16-18-7-3-6-10-21(18)33-24/h3-12,15-16H,13-14H2,1-2H3,(H,27,29)(H,28,30). The Morgan fingerprint density at radius 1 is 0.848 bits per heavy atom. The first kappa shape index (κ1) is 22.0. The number of para-hydroxylation sites is 2. The monoisotopic (exact) mass is 444 g/mol. The van der Waals surface area contributed by atoms with Crippen LogP contribution in [0.2, 0.25) is 0 Å². The molecule has 2 N–H and O–H groups in total. The molecule has 168 valence electrons. The van der Waals surface area contributed by atoms with Crippen LogP contribution < -0.4 is 20.1 Å². The molecule has 0 aliphatic carbocycles.